The second kappa shape index (κ2) is 8.22. The van der Waals surface area contributed by atoms with Crippen LogP contribution in [0.5, 0.6) is 11.5 Å². The van der Waals surface area contributed by atoms with Gasteiger partial charge in [-0.2, -0.15) is 0 Å². The Bertz CT molecular complexity index is 640. The Kier molecular flexibility index (Phi) is 6.03. The number of amides is 1. The lowest BCUT2D eigenvalue weighted by Crippen LogP contribution is -2.25. The van der Waals surface area contributed by atoms with Gasteiger partial charge >= 0.3 is 0 Å². The highest BCUT2D eigenvalue weighted by Gasteiger charge is 2.11. The van der Waals surface area contributed by atoms with Crippen molar-refractivity contribution < 1.29 is 14.3 Å². The van der Waals surface area contributed by atoms with Gasteiger partial charge in [0.1, 0.15) is 0 Å². The predicted molar refractivity (Wildman–Crippen MR) is 91.4 cm³/mol. The summed E-state index contributed by atoms with van der Waals surface area (Å²) in [4.78, 5) is 12.2. The van der Waals surface area contributed by atoms with Crippen LogP contribution in [0.4, 0.5) is 0 Å². The smallest absolute Gasteiger partial charge is 0.251 e. The summed E-state index contributed by atoms with van der Waals surface area (Å²) in [5, 5.41) is 2.95. The largest absolute Gasteiger partial charge is 0.493 e. The van der Waals surface area contributed by atoms with E-state index in [1.807, 2.05) is 18.2 Å². The number of hydrogen-bond donors (Lipinski definition) is 1. The number of methoxy groups -OCH3 is 2. The first-order valence-corrected chi connectivity index (χ1v) is 7.71. The van der Waals surface area contributed by atoms with Crippen LogP contribution in [0.1, 0.15) is 35.2 Å². The Morgan fingerprint density at radius 3 is 2.39 bits per heavy atom. The van der Waals surface area contributed by atoms with Crippen LogP contribution in [0.25, 0.3) is 0 Å². The molecule has 0 saturated heterocycles. The van der Waals surface area contributed by atoms with Crippen LogP contribution >= 0.6 is 0 Å². The third-order valence-electron chi connectivity index (χ3n) is 3.88. The van der Waals surface area contributed by atoms with Crippen LogP contribution < -0.4 is 14.8 Å². The summed E-state index contributed by atoms with van der Waals surface area (Å²) in [6, 6.07) is 15.5. The molecule has 0 bridgehead atoms. The van der Waals surface area contributed by atoms with E-state index in [2.05, 4.69) is 24.4 Å². The van der Waals surface area contributed by atoms with Crippen molar-refractivity contribution in [2.75, 3.05) is 20.8 Å². The zero-order chi connectivity index (χ0) is 16.7. The van der Waals surface area contributed by atoms with Crippen LogP contribution in [-0.4, -0.2) is 26.7 Å². The Hall–Kier alpha value is -2.49. The molecule has 1 atom stereocenters. The van der Waals surface area contributed by atoms with Crippen molar-refractivity contribution in [2.24, 2.45) is 0 Å². The Balaban J connectivity index is 1.90. The van der Waals surface area contributed by atoms with Gasteiger partial charge in [-0.25, -0.2) is 0 Å². The molecule has 0 aliphatic heterocycles. The fourth-order valence-corrected chi connectivity index (χ4v) is 2.43. The molecule has 0 heterocycles. The highest BCUT2D eigenvalue weighted by atomic mass is 16.5. The normalized spacial score (nSPS) is 11.6. The van der Waals surface area contributed by atoms with Crippen LogP contribution in [0.15, 0.2) is 48.5 Å². The number of rotatable bonds is 7. The molecule has 2 aromatic rings. The van der Waals surface area contributed by atoms with Gasteiger partial charge in [0.2, 0.25) is 0 Å². The van der Waals surface area contributed by atoms with Gasteiger partial charge in [-0.1, -0.05) is 37.3 Å². The standard InChI is InChI=1S/C19H23NO3/c1-14(15-7-5-4-6-8-15)11-12-20-19(21)16-9-10-17(22-2)18(13-16)23-3/h4-10,13-14H,11-12H2,1-3H3,(H,20,21). The van der Waals surface area contributed by atoms with Crippen LogP contribution in [0.3, 0.4) is 0 Å². The first-order chi connectivity index (χ1) is 11.2. The van der Waals surface area contributed by atoms with Gasteiger partial charge in [0, 0.05) is 12.1 Å². The molecular formula is C19H23NO3. The fraction of sp³-hybridized carbons (Fsp3) is 0.316. The van der Waals surface area contributed by atoms with Gasteiger partial charge in [0.15, 0.2) is 11.5 Å². The Morgan fingerprint density at radius 2 is 1.74 bits per heavy atom. The van der Waals surface area contributed by atoms with E-state index in [0.29, 0.717) is 29.5 Å². The van der Waals surface area contributed by atoms with Crippen molar-refractivity contribution in [1.29, 1.82) is 0 Å². The quantitative estimate of drug-likeness (QED) is 0.849. The maximum atomic E-state index is 12.2. The highest BCUT2D eigenvalue weighted by molar-refractivity contribution is 5.94. The lowest BCUT2D eigenvalue weighted by molar-refractivity contribution is 0.0952. The topological polar surface area (TPSA) is 47.6 Å². The molecule has 4 heteroatoms. The van der Waals surface area contributed by atoms with E-state index >= 15 is 0 Å². The summed E-state index contributed by atoms with van der Waals surface area (Å²) in [6.07, 6.45) is 0.892. The number of nitrogens with one attached hydrogen (secondary N) is 1. The van der Waals surface area contributed by atoms with Gasteiger partial charge in [-0.3, -0.25) is 4.79 Å². The molecule has 0 saturated carbocycles. The SMILES string of the molecule is COc1ccc(C(=O)NCCC(C)c2ccccc2)cc1OC. The van der Waals surface area contributed by atoms with Crippen LogP contribution in [-0.2, 0) is 0 Å². The summed E-state index contributed by atoms with van der Waals surface area (Å²) in [6.45, 7) is 2.79. The maximum absolute atomic E-state index is 12.2. The molecule has 0 aliphatic rings. The lowest BCUT2D eigenvalue weighted by atomic mass is 9.98. The van der Waals surface area contributed by atoms with Crippen molar-refractivity contribution >= 4 is 5.91 Å². The van der Waals surface area contributed by atoms with Crippen molar-refractivity contribution in [1.82, 2.24) is 5.32 Å². The first-order valence-electron chi connectivity index (χ1n) is 7.71. The molecule has 0 aromatic heterocycles. The molecule has 0 aliphatic carbocycles. The number of carbonyl (C=O) groups is 1. The molecule has 2 aromatic carbocycles. The fourth-order valence-electron chi connectivity index (χ4n) is 2.43. The van der Waals surface area contributed by atoms with E-state index in [9.17, 15) is 4.79 Å². The average Bonchev–Trinajstić information content (AvgIpc) is 2.61. The summed E-state index contributed by atoms with van der Waals surface area (Å²) >= 11 is 0. The molecule has 4 nitrogen and oxygen atoms in total. The minimum atomic E-state index is -0.105. The molecule has 1 N–H and O–H groups in total. The van der Waals surface area contributed by atoms with Gasteiger partial charge in [0.25, 0.3) is 5.91 Å². The zero-order valence-corrected chi connectivity index (χ0v) is 13.8. The van der Waals surface area contributed by atoms with Crippen LogP contribution in [0, 0.1) is 0 Å². The predicted octanol–water partition coefficient (Wildman–Crippen LogP) is 3.63. The lowest BCUT2D eigenvalue weighted by Gasteiger charge is -2.13. The van der Waals surface area contributed by atoms with E-state index in [0.717, 1.165) is 6.42 Å². The molecule has 1 unspecified atom stereocenters. The van der Waals surface area contributed by atoms with E-state index in [4.69, 9.17) is 9.47 Å². The average molecular weight is 313 g/mol. The summed E-state index contributed by atoms with van der Waals surface area (Å²) in [5.74, 6) is 1.47. The third kappa shape index (κ3) is 4.49. The number of hydrogen-bond acceptors (Lipinski definition) is 3. The molecule has 0 fully saturated rings. The second-order valence-electron chi connectivity index (χ2n) is 5.43. The molecule has 0 spiro atoms. The van der Waals surface area contributed by atoms with Crippen molar-refractivity contribution in [3.05, 3.63) is 59.7 Å². The second-order valence-corrected chi connectivity index (χ2v) is 5.43. The molecule has 122 valence electrons. The summed E-state index contributed by atoms with van der Waals surface area (Å²) in [7, 11) is 3.13. The van der Waals surface area contributed by atoms with Gasteiger partial charge in [-0.05, 0) is 36.1 Å². The van der Waals surface area contributed by atoms with E-state index in [-0.39, 0.29) is 5.91 Å². The molecule has 2 rings (SSSR count). The van der Waals surface area contributed by atoms with Crippen LogP contribution in [0.2, 0.25) is 0 Å². The van der Waals surface area contributed by atoms with Gasteiger partial charge in [0.05, 0.1) is 14.2 Å². The maximum Gasteiger partial charge on any atom is 0.251 e. The molecule has 23 heavy (non-hydrogen) atoms. The Labute approximate surface area is 137 Å². The van der Waals surface area contributed by atoms with Gasteiger partial charge < -0.3 is 14.8 Å². The van der Waals surface area contributed by atoms with Crippen molar-refractivity contribution in [3.63, 3.8) is 0 Å². The van der Waals surface area contributed by atoms with Crippen molar-refractivity contribution in [2.45, 2.75) is 19.3 Å². The highest BCUT2D eigenvalue weighted by Crippen LogP contribution is 2.27. The zero-order valence-electron chi connectivity index (χ0n) is 13.8. The Morgan fingerprint density at radius 1 is 1.04 bits per heavy atom. The van der Waals surface area contributed by atoms with Gasteiger partial charge in [-0.15, -0.1) is 0 Å². The number of benzene rings is 2. The number of carbonyl (C=O) groups excluding carboxylic acids is 1. The first kappa shape index (κ1) is 16.9. The van der Waals surface area contributed by atoms with E-state index < -0.39 is 0 Å². The summed E-state index contributed by atoms with van der Waals surface area (Å²) < 4.78 is 10.4. The van der Waals surface area contributed by atoms with Crippen molar-refractivity contribution in [3.8, 4) is 11.5 Å². The monoisotopic (exact) mass is 313 g/mol. The van der Waals surface area contributed by atoms with E-state index in [1.54, 1.807) is 32.4 Å². The summed E-state index contributed by atoms with van der Waals surface area (Å²) in [5.41, 5.74) is 1.85. The molecular weight excluding hydrogens is 290 g/mol. The third-order valence-corrected chi connectivity index (χ3v) is 3.88. The minimum Gasteiger partial charge on any atom is -0.493 e. The minimum absolute atomic E-state index is 0.105. The number of ether oxygens (including phenoxy) is 2. The van der Waals surface area contributed by atoms with E-state index in [1.165, 1.54) is 5.56 Å². The molecule has 0 radical (unpaired) electrons. The molecule has 1 amide bonds.